The Bertz CT molecular complexity index is 499. The fraction of sp³-hybridized carbons (Fsp3) is 0.583. The maximum atomic E-state index is 12.7. The molecule has 1 rings (SSSR count). The van der Waals surface area contributed by atoms with Crippen LogP contribution in [0.25, 0.3) is 0 Å². The molecule has 0 saturated carbocycles. The molecule has 114 valence electrons. The number of anilines is 1. The number of aromatic nitrogens is 1. The van der Waals surface area contributed by atoms with Crippen LogP contribution in [0.15, 0.2) is 23.4 Å². The van der Waals surface area contributed by atoms with Gasteiger partial charge in [0.2, 0.25) is 10.0 Å². The van der Waals surface area contributed by atoms with E-state index in [1.54, 1.807) is 19.3 Å². The molecule has 0 aliphatic heterocycles. The summed E-state index contributed by atoms with van der Waals surface area (Å²) < 4.78 is 36.6. The van der Waals surface area contributed by atoms with Gasteiger partial charge in [0.05, 0.1) is 18.9 Å². The second-order valence-electron chi connectivity index (χ2n) is 4.01. The van der Waals surface area contributed by atoms with Gasteiger partial charge in [0, 0.05) is 46.8 Å². The lowest BCUT2D eigenvalue weighted by Crippen LogP contribution is -2.36. The molecule has 7 nitrogen and oxygen atoms in total. The maximum Gasteiger partial charge on any atom is 0.246 e. The first-order valence-electron chi connectivity index (χ1n) is 6.17. The number of rotatable bonds is 9. The van der Waals surface area contributed by atoms with Crippen molar-refractivity contribution in [2.45, 2.75) is 4.90 Å². The molecule has 0 radical (unpaired) electrons. The van der Waals surface area contributed by atoms with Gasteiger partial charge in [-0.15, -0.1) is 0 Å². The first kappa shape index (κ1) is 16.8. The molecule has 20 heavy (non-hydrogen) atoms. The summed E-state index contributed by atoms with van der Waals surface area (Å²) in [6.45, 7) is 1.16. The van der Waals surface area contributed by atoms with Crippen LogP contribution in [0.3, 0.4) is 0 Å². The van der Waals surface area contributed by atoms with Crippen LogP contribution in [0.2, 0.25) is 0 Å². The molecule has 0 aliphatic rings. The third-order valence-corrected chi connectivity index (χ3v) is 4.69. The summed E-state index contributed by atoms with van der Waals surface area (Å²) in [5.41, 5.74) is 0.514. The number of ether oxygens (including phenoxy) is 2. The van der Waals surface area contributed by atoms with E-state index < -0.39 is 10.0 Å². The van der Waals surface area contributed by atoms with Crippen LogP contribution >= 0.6 is 0 Å². The Hall–Kier alpha value is -1.22. The fourth-order valence-electron chi connectivity index (χ4n) is 1.67. The molecule has 0 bridgehead atoms. The average molecular weight is 303 g/mol. The topological polar surface area (TPSA) is 80.8 Å². The second kappa shape index (κ2) is 8.15. The molecule has 0 saturated heterocycles. The third kappa shape index (κ3) is 4.14. The zero-order valence-electron chi connectivity index (χ0n) is 12.0. The van der Waals surface area contributed by atoms with Gasteiger partial charge in [-0.1, -0.05) is 0 Å². The summed E-state index contributed by atoms with van der Waals surface area (Å²) in [6, 6.07) is 1.62. The molecule has 0 fully saturated rings. The highest BCUT2D eigenvalue weighted by Gasteiger charge is 2.26. The van der Waals surface area contributed by atoms with Crippen LogP contribution in [0.4, 0.5) is 5.69 Å². The van der Waals surface area contributed by atoms with Crippen LogP contribution in [0.1, 0.15) is 0 Å². The van der Waals surface area contributed by atoms with Crippen LogP contribution in [0.5, 0.6) is 0 Å². The number of nitrogens with one attached hydrogen (secondary N) is 1. The van der Waals surface area contributed by atoms with E-state index in [1.807, 2.05) is 0 Å². The van der Waals surface area contributed by atoms with Gasteiger partial charge in [-0.25, -0.2) is 8.42 Å². The zero-order chi connectivity index (χ0) is 15.0. The molecule has 1 aromatic rings. The summed E-state index contributed by atoms with van der Waals surface area (Å²) in [5.74, 6) is 0. The van der Waals surface area contributed by atoms with Crippen molar-refractivity contribution in [2.75, 3.05) is 52.9 Å². The van der Waals surface area contributed by atoms with Crippen LogP contribution in [-0.2, 0) is 19.5 Å². The van der Waals surface area contributed by atoms with E-state index in [1.165, 1.54) is 24.7 Å². The van der Waals surface area contributed by atoms with E-state index in [4.69, 9.17) is 9.47 Å². The van der Waals surface area contributed by atoms with Crippen molar-refractivity contribution in [1.29, 1.82) is 0 Å². The SMILES string of the molecule is CNc1ccncc1S(=O)(=O)N(CCOC)CCOC. The Balaban J connectivity index is 3.07. The number of hydrogen-bond donors (Lipinski definition) is 1. The average Bonchev–Trinajstić information content (AvgIpc) is 2.47. The minimum Gasteiger partial charge on any atom is -0.387 e. The quantitative estimate of drug-likeness (QED) is 0.711. The van der Waals surface area contributed by atoms with Crippen molar-refractivity contribution in [3.05, 3.63) is 18.5 Å². The second-order valence-corrected chi connectivity index (χ2v) is 5.92. The van der Waals surface area contributed by atoms with E-state index in [0.717, 1.165) is 0 Å². The highest BCUT2D eigenvalue weighted by atomic mass is 32.2. The van der Waals surface area contributed by atoms with Crippen molar-refractivity contribution >= 4 is 15.7 Å². The first-order chi connectivity index (χ1) is 9.57. The van der Waals surface area contributed by atoms with Gasteiger partial charge in [0.1, 0.15) is 4.90 Å². The summed E-state index contributed by atoms with van der Waals surface area (Å²) >= 11 is 0. The minimum atomic E-state index is -3.64. The smallest absolute Gasteiger partial charge is 0.246 e. The summed E-state index contributed by atoms with van der Waals surface area (Å²) in [5, 5.41) is 2.86. The monoisotopic (exact) mass is 303 g/mol. The molecule has 1 heterocycles. The number of sulfonamides is 1. The fourth-order valence-corrected chi connectivity index (χ4v) is 3.22. The third-order valence-electron chi connectivity index (χ3n) is 2.76. The molecule has 0 unspecified atom stereocenters. The number of methoxy groups -OCH3 is 2. The van der Waals surface area contributed by atoms with Crippen molar-refractivity contribution in [2.24, 2.45) is 0 Å². The highest BCUT2D eigenvalue weighted by molar-refractivity contribution is 7.89. The molecule has 0 aliphatic carbocycles. The Labute approximate surface area is 120 Å². The molecule has 0 amide bonds. The van der Waals surface area contributed by atoms with Gasteiger partial charge in [0.15, 0.2) is 0 Å². The van der Waals surface area contributed by atoms with Crippen molar-refractivity contribution in [3.63, 3.8) is 0 Å². The minimum absolute atomic E-state index is 0.148. The van der Waals surface area contributed by atoms with Gasteiger partial charge in [-0.3, -0.25) is 4.98 Å². The van der Waals surface area contributed by atoms with E-state index in [0.29, 0.717) is 18.9 Å². The zero-order valence-corrected chi connectivity index (χ0v) is 12.8. The molecule has 8 heteroatoms. The van der Waals surface area contributed by atoms with E-state index in [2.05, 4.69) is 10.3 Å². The molecular weight excluding hydrogens is 282 g/mol. The van der Waals surface area contributed by atoms with E-state index in [9.17, 15) is 8.42 Å². The van der Waals surface area contributed by atoms with Gasteiger partial charge < -0.3 is 14.8 Å². The summed E-state index contributed by atoms with van der Waals surface area (Å²) in [7, 11) is 1.09. The van der Waals surface area contributed by atoms with Crippen LogP contribution in [0, 0.1) is 0 Å². The predicted octanol–water partition coefficient (Wildman–Crippen LogP) is 0.407. The number of nitrogens with zero attached hydrogens (tertiary/aromatic N) is 2. The maximum absolute atomic E-state index is 12.7. The summed E-state index contributed by atoms with van der Waals surface area (Å²) in [6.07, 6.45) is 2.88. The molecule has 1 aromatic heterocycles. The Morgan fingerprint density at radius 2 is 1.85 bits per heavy atom. The number of hydrogen-bond acceptors (Lipinski definition) is 6. The first-order valence-corrected chi connectivity index (χ1v) is 7.61. The van der Waals surface area contributed by atoms with Crippen molar-refractivity contribution in [3.8, 4) is 0 Å². The lowest BCUT2D eigenvalue weighted by Gasteiger charge is -2.22. The lowest BCUT2D eigenvalue weighted by atomic mass is 10.4. The molecule has 1 N–H and O–H groups in total. The van der Waals surface area contributed by atoms with Gasteiger partial charge in [0.25, 0.3) is 0 Å². The molecular formula is C12H21N3O4S. The van der Waals surface area contributed by atoms with Gasteiger partial charge in [-0.2, -0.15) is 4.31 Å². The molecule has 0 atom stereocenters. The Morgan fingerprint density at radius 1 is 1.25 bits per heavy atom. The van der Waals surface area contributed by atoms with Gasteiger partial charge in [-0.05, 0) is 6.07 Å². The van der Waals surface area contributed by atoms with Gasteiger partial charge >= 0.3 is 0 Å². The van der Waals surface area contributed by atoms with Crippen molar-refractivity contribution in [1.82, 2.24) is 9.29 Å². The molecule has 0 aromatic carbocycles. The number of pyridine rings is 1. The molecule has 0 spiro atoms. The standard InChI is InChI=1S/C12H21N3O4S/c1-13-11-4-5-14-10-12(11)20(16,17)15(6-8-18-2)7-9-19-3/h4-5,10H,6-9H2,1-3H3,(H,13,14). The van der Waals surface area contributed by atoms with Crippen molar-refractivity contribution < 1.29 is 17.9 Å². The van der Waals surface area contributed by atoms with Crippen LogP contribution in [-0.4, -0.2) is 65.3 Å². The van der Waals surface area contributed by atoms with E-state index >= 15 is 0 Å². The Kier molecular flexibility index (Phi) is 6.86. The Morgan fingerprint density at radius 3 is 2.35 bits per heavy atom. The lowest BCUT2D eigenvalue weighted by molar-refractivity contribution is 0.150. The summed E-state index contributed by atoms with van der Waals surface area (Å²) in [4.78, 5) is 4.04. The predicted molar refractivity (Wildman–Crippen MR) is 76.3 cm³/mol. The normalized spacial score (nSPS) is 11.8. The van der Waals surface area contributed by atoms with Crippen LogP contribution < -0.4 is 5.32 Å². The largest absolute Gasteiger partial charge is 0.387 e. The van der Waals surface area contributed by atoms with E-state index in [-0.39, 0.29) is 18.0 Å². The highest BCUT2D eigenvalue weighted by Crippen LogP contribution is 2.22.